The summed E-state index contributed by atoms with van der Waals surface area (Å²) < 4.78 is 7.40. The van der Waals surface area contributed by atoms with E-state index >= 15 is 0 Å². The predicted molar refractivity (Wildman–Crippen MR) is 127 cm³/mol. The van der Waals surface area contributed by atoms with Crippen molar-refractivity contribution in [1.82, 2.24) is 15.2 Å². The van der Waals surface area contributed by atoms with E-state index in [2.05, 4.69) is 22.2 Å². The highest BCUT2D eigenvalue weighted by atomic mass is 32.2. The van der Waals surface area contributed by atoms with Crippen LogP contribution in [0.1, 0.15) is 0 Å². The van der Waals surface area contributed by atoms with Gasteiger partial charge in [-0.05, 0) is 18.2 Å². The molecule has 1 aromatic carbocycles. The number of anilines is 1. The molecule has 1 heterocycles. The molecule has 0 atom stereocenters. The molecule has 0 aliphatic heterocycles. The predicted octanol–water partition coefficient (Wildman–Crippen LogP) is 3.82. The molecule has 2 amide bonds. The van der Waals surface area contributed by atoms with E-state index in [0.717, 1.165) is 20.2 Å². The maximum absolute atomic E-state index is 12.1. The Morgan fingerprint density at radius 1 is 1.41 bits per heavy atom. The summed E-state index contributed by atoms with van der Waals surface area (Å²) in [4.78, 5) is 29.8. The van der Waals surface area contributed by atoms with Gasteiger partial charge in [-0.25, -0.2) is 9.78 Å². The summed E-state index contributed by atoms with van der Waals surface area (Å²) in [6.45, 7) is 4.15. The number of fused-ring (bicyclic) bond motifs is 1. The van der Waals surface area contributed by atoms with E-state index in [9.17, 15) is 9.59 Å². The molecule has 0 bridgehead atoms. The first-order chi connectivity index (χ1) is 13.9. The molecule has 1 aromatic heterocycles. The number of thiocarbonyl (C=S) groups is 1. The third-order valence-corrected chi connectivity index (χ3v) is 7.17. The van der Waals surface area contributed by atoms with Crippen molar-refractivity contribution in [3.8, 4) is 0 Å². The number of nitrogens with zero attached hydrogens (tertiary/aromatic N) is 2. The summed E-state index contributed by atoms with van der Waals surface area (Å²) in [7, 11) is 3.70. The van der Waals surface area contributed by atoms with Crippen LogP contribution in [0.2, 0.25) is 0 Å². The Kier molecular flexibility index (Phi) is 9.71. The van der Waals surface area contributed by atoms with E-state index in [1.807, 2.05) is 32.3 Å². The third-order valence-electron chi connectivity index (χ3n) is 3.27. The van der Waals surface area contributed by atoms with Gasteiger partial charge in [0.15, 0.2) is 4.34 Å². The highest BCUT2D eigenvalue weighted by Crippen LogP contribution is 2.31. The molecule has 156 valence electrons. The van der Waals surface area contributed by atoms with E-state index < -0.39 is 6.09 Å². The van der Waals surface area contributed by atoms with Gasteiger partial charge in [0.2, 0.25) is 5.91 Å². The van der Waals surface area contributed by atoms with Crippen LogP contribution in [0.25, 0.3) is 10.2 Å². The van der Waals surface area contributed by atoms with Gasteiger partial charge in [0.05, 0.1) is 16.0 Å². The van der Waals surface area contributed by atoms with E-state index in [0.29, 0.717) is 16.6 Å². The van der Waals surface area contributed by atoms with Crippen LogP contribution in [-0.4, -0.2) is 65.0 Å². The molecule has 11 heteroatoms. The Labute approximate surface area is 187 Å². The minimum absolute atomic E-state index is 0.105. The van der Waals surface area contributed by atoms with Gasteiger partial charge < -0.3 is 20.3 Å². The van der Waals surface area contributed by atoms with Gasteiger partial charge in [-0.3, -0.25) is 4.79 Å². The number of amides is 2. The number of carbonyl (C=O) groups is 2. The van der Waals surface area contributed by atoms with Crippen molar-refractivity contribution in [3.63, 3.8) is 0 Å². The Morgan fingerprint density at radius 2 is 2.21 bits per heavy atom. The lowest BCUT2D eigenvalue weighted by molar-refractivity contribution is -0.113. The number of rotatable bonds is 9. The monoisotopic (exact) mass is 470 g/mol. The first-order valence-electron chi connectivity index (χ1n) is 8.58. The molecular weight excluding hydrogens is 448 g/mol. The smallest absolute Gasteiger partial charge is 0.407 e. The Balaban J connectivity index is 1.83. The molecule has 0 unspecified atom stereocenters. The van der Waals surface area contributed by atoms with Gasteiger partial charge >= 0.3 is 6.09 Å². The van der Waals surface area contributed by atoms with Crippen molar-refractivity contribution in [2.75, 3.05) is 44.1 Å². The van der Waals surface area contributed by atoms with Crippen LogP contribution in [0.15, 0.2) is 35.2 Å². The van der Waals surface area contributed by atoms with Gasteiger partial charge in [0.1, 0.15) is 10.9 Å². The molecular formula is C18H22N4O3S4. The minimum Gasteiger partial charge on any atom is -0.445 e. The summed E-state index contributed by atoms with van der Waals surface area (Å²) >= 11 is 9.59. The van der Waals surface area contributed by atoms with Crippen LogP contribution in [0, 0.1) is 0 Å². The average Bonchev–Trinajstić information content (AvgIpc) is 3.09. The number of ether oxygens (including phenoxy) is 1. The summed E-state index contributed by atoms with van der Waals surface area (Å²) in [5, 5.41) is 5.55. The number of hydrogen-bond donors (Lipinski definition) is 2. The molecule has 0 radical (unpaired) electrons. The maximum atomic E-state index is 12.1. The number of aromatic nitrogens is 1. The summed E-state index contributed by atoms with van der Waals surface area (Å²) in [5.41, 5.74) is 1.60. The lowest BCUT2D eigenvalue weighted by atomic mass is 10.3. The number of thiazole rings is 1. The lowest BCUT2D eigenvalue weighted by Crippen LogP contribution is -2.26. The van der Waals surface area contributed by atoms with Gasteiger partial charge in [-0.2, -0.15) is 0 Å². The second kappa shape index (κ2) is 12.0. The molecule has 29 heavy (non-hydrogen) atoms. The fourth-order valence-electron chi connectivity index (χ4n) is 1.97. The first-order valence-corrected chi connectivity index (χ1v) is 11.8. The average molecular weight is 471 g/mol. The van der Waals surface area contributed by atoms with Crippen LogP contribution in [0.5, 0.6) is 0 Å². The Bertz CT molecular complexity index is 885. The normalized spacial score (nSPS) is 10.4. The van der Waals surface area contributed by atoms with Gasteiger partial charge in [-0.1, -0.05) is 48.4 Å². The second-order valence-corrected chi connectivity index (χ2v) is 9.80. The van der Waals surface area contributed by atoms with E-state index in [1.54, 1.807) is 28.0 Å². The van der Waals surface area contributed by atoms with Crippen LogP contribution in [-0.2, 0) is 9.53 Å². The van der Waals surface area contributed by atoms with Crippen LogP contribution < -0.4 is 10.6 Å². The van der Waals surface area contributed by atoms with Crippen molar-refractivity contribution in [2.45, 2.75) is 4.34 Å². The topological polar surface area (TPSA) is 83.6 Å². The molecule has 2 rings (SSSR count). The number of thioether (sulfide) groups is 2. The molecule has 0 fully saturated rings. The van der Waals surface area contributed by atoms with Crippen molar-refractivity contribution in [3.05, 3.63) is 30.9 Å². The van der Waals surface area contributed by atoms with E-state index in [4.69, 9.17) is 17.0 Å². The molecule has 0 aliphatic rings. The van der Waals surface area contributed by atoms with Crippen LogP contribution in [0.4, 0.5) is 10.5 Å². The van der Waals surface area contributed by atoms with Crippen LogP contribution in [0.3, 0.4) is 0 Å². The lowest BCUT2D eigenvalue weighted by Gasteiger charge is -2.12. The highest BCUT2D eigenvalue weighted by Gasteiger charge is 2.09. The van der Waals surface area contributed by atoms with Gasteiger partial charge in [0.25, 0.3) is 0 Å². The Hall–Kier alpha value is -1.82. The van der Waals surface area contributed by atoms with E-state index in [-0.39, 0.29) is 18.3 Å². The first kappa shape index (κ1) is 23.5. The molecule has 0 saturated carbocycles. The van der Waals surface area contributed by atoms with Gasteiger partial charge in [0, 0.05) is 32.1 Å². The molecule has 2 aromatic rings. The minimum atomic E-state index is -0.459. The molecule has 2 N–H and O–H groups in total. The number of carbonyl (C=O) groups excluding carboxylic acids is 2. The molecule has 7 nitrogen and oxygen atoms in total. The maximum Gasteiger partial charge on any atom is 0.407 e. The van der Waals surface area contributed by atoms with Gasteiger partial charge in [-0.15, -0.1) is 11.3 Å². The van der Waals surface area contributed by atoms with Crippen LogP contribution >= 0.6 is 47.1 Å². The SMILES string of the molecule is C=CCOC(=O)NCCSc1nc2ccc(NC(=O)CSC(=S)N(C)C)cc2s1. The fourth-order valence-corrected chi connectivity index (χ4v) is 4.77. The second-order valence-electron chi connectivity index (χ2n) is 5.82. The molecule has 0 spiro atoms. The van der Waals surface area contributed by atoms with Crippen molar-refractivity contribution < 1.29 is 14.3 Å². The van der Waals surface area contributed by atoms with Crippen molar-refractivity contribution in [2.24, 2.45) is 0 Å². The quantitative estimate of drug-likeness (QED) is 0.248. The molecule has 0 aliphatic carbocycles. The largest absolute Gasteiger partial charge is 0.445 e. The van der Waals surface area contributed by atoms with Crippen molar-refractivity contribution in [1.29, 1.82) is 0 Å². The van der Waals surface area contributed by atoms with Crippen molar-refractivity contribution >= 4 is 79.3 Å². The zero-order valence-electron chi connectivity index (χ0n) is 16.1. The Morgan fingerprint density at radius 3 is 2.93 bits per heavy atom. The van der Waals surface area contributed by atoms with E-state index in [1.165, 1.54) is 17.8 Å². The summed E-state index contributed by atoms with van der Waals surface area (Å²) in [6.07, 6.45) is 1.06. The summed E-state index contributed by atoms with van der Waals surface area (Å²) in [6, 6.07) is 5.63. The highest BCUT2D eigenvalue weighted by molar-refractivity contribution is 8.23. The third kappa shape index (κ3) is 8.21. The number of alkyl carbamates (subject to hydrolysis) is 1. The fraction of sp³-hybridized carbons (Fsp3) is 0.333. The zero-order valence-corrected chi connectivity index (χ0v) is 19.4. The number of hydrogen-bond acceptors (Lipinski definition) is 8. The number of benzene rings is 1. The summed E-state index contributed by atoms with van der Waals surface area (Å²) in [5.74, 6) is 0.837. The molecule has 0 saturated heterocycles. The standard InChI is InChI=1S/C18H22N4O3S4/c1-4-8-25-16(24)19-7-9-27-17-21-13-6-5-12(10-14(13)29-17)20-15(23)11-28-18(26)22(2)3/h4-6,10H,1,7-9,11H2,2-3H3,(H,19,24)(H,20,23). The number of nitrogens with one attached hydrogen (secondary N) is 2. The zero-order chi connectivity index (χ0) is 21.2.